The van der Waals surface area contributed by atoms with Gasteiger partial charge in [0, 0.05) is 84.9 Å². The first-order valence-corrected chi connectivity index (χ1v) is 33.9. The Kier molecular flexibility index (Phi) is 25.1. The highest BCUT2D eigenvalue weighted by Crippen LogP contribution is 2.35. The fraction of sp³-hybridized carbons (Fsp3) is 0.424. The number of aliphatic imine (C=N–C) groups is 7. The average Bonchev–Trinajstić information content (AvgIpc) is 3.49. The minimum Gasteiger partial charge on any atom is -0.257 e. The number of aryl methyl sites for hydroxylation is 7. The summed E-state index contributed by atoms with van der Waals surface area (Å²) in [4.78, 5) is 32.3. The van der Waals surface area contributed by atoms with Gasteiger partial charge in [-0.1, -0.05) is 206 Å². The van der Waals surface area contributed by atoms with E-state index in [1.165, 1.54) is 158 Å². The highest BCUT2D eigenvalue weighted by atomic mass is 14.8. The summed E-state index contributed by atoms with van der Waals surface area (Å²) in [7, 11) is 0. The first kappa shape index (κ1) is 71.7. The Balaban J connectivity index is 0.000000152. The van der Waals surface area contributed by atoms with Crippen LogP contribution in [0.25, 0.3) is 0 Å². The number of hydrogen-bond acceptors (Lipinski definition) is 7. The Hall–Kier alpha value is -7.77. The molecule has 0 saturated heterocycles. The van der Waals surface area contributed by atoms with E-state index in [1.807, 2.05) is 0 Å². The van der Waals surface area contributed by atoms with E-state index in [-0.39, 0.29) is 7.43 Å². The molecule has 0 N–H and O–H groups in total. The zero-order valence-electron chi connectivity index (χ0n) is 59.2. The maximum Gasteiger partial charge on any atom is 0.0667 e. The minimum atomic E-state index is 0. The summed E-state index contributed by atoms with van der Waals surface area (Å²) in [5, 5.41) is 0. The minimum absolute atomic E-state index is 0. The Morgan fingerprint density at radius 2 is 0.348 bits per heavy atom. The molecule has 7 aromatic rings. The molecule has 0 unspecified atom stereocenters. The summed E-state index contributed by atoms with van der Waals surface area (Å²) >= 11 is 0. The van der Waals surface area contributed by atoms with Crippen molar-refractivity contribution < 1.29 is 0 Å². The van der Waals surface area contributed by atoms with Gasteiger partial charge in [0.2, 0.25) is 0 Å². The fourth-order valence-corrected chi connectivity index (χ4v) is 11.7. The summed E-state index contributed by atoms with van der Waals surface area (Å²) in [5.74, 6) is 4.04. The van der Waals surface area contributed by atoms with E-state index in [4.69, 9.17) is 0 Å². The summed E-state index contributed by atoms with van der Waals surface area (Å²) in [6.07, 6.45) is 7.35. The molecule has 0 saturated carbocycles. The first-order valence-electron chi connectivity index (χ1n) is 33.9. The van der Waals surface area contributed by atoms with Gasteiger partial charge in [-0.15, -0.1) is 0 Å². The van der Waals surface area contributed by atoms with E-state index in [0.29, 0.717) is 41.4 Å². The van der Waals surface area contributed by atoms with Crippen molar-refractivity contribution in [2.45, 2.75) is 198 Å². The molecule has 7 heterocycles. The van der Waals surface area contributed by atoms with Gasteiger partial charge in [-0.3, -0.25) is 34.9 Å². The number of fused-ring (bicyclic) bond motifs is 7. The molecule has 7 aliphatic heterocycles. The predicted octanol–water partition coefficient (Wildman–Crippen LogP) is 23.6. The SMILES string of the molecule is C.Cc1ccc2c(c1)CC(C(C)C)=N2.Cc1ccc2c(c1)CC(C(C)C)=N2.Cc1ccc2c(c1)CC(C(C)C)=N2.Cc1ccc2c(c1)N=C(C(C)C)C2.Cc1ccc2c(c1)N=C(C(C)C)C2.Cc1ccc2c(c1)N=C(C(C)C)C2.Cc1ccc2c(c1)N=C(C(C)C)C2. The molecule has 7 aromatic carbocycles. The van der Waals surface area contributed by atoms with Gasteiger partial charge in [0.1, 0.15) is 0 Å². The number of nitrogens with zero attached hydrogens (tertiary/aromatic N) is 7. The van der Waals surface area contributed by atoms with Crippen molar-refractivity contribution in [1.29, 1.82) is 0 Å². The van der Waals surface area contributed by atoms with Gasteiger partial charge in [-0.05, 0) is 194 Å². The van der Waals surface area contributed by atoms with Crippen molar-refractivity contribution in [3.63, 3.8) is 0 Å². The molecule has 0 aromatic heterocycles. The molecule has 0 fully saturated rings. The normalized spacial score (nSPS) is 14.5. The fourth-order valence-electron chi connectivity index (χ4n) is 11.7. The second-order valence-electron chi connectivity index (χ2n) is 28.5. The van der Waals surface area contributed by atoms with Crippen LogP contribution in [0, 0.1) is 89.9 Å². The quantitative estimate of drug-likeness (QED) is 0.152. The third kappa shape index (κ3) is 19.4. The molecule has 0 radical (unpaired) electrons. The molecule has 0 amide bonds. The molecule has 0 spiro atoms. The van der Waals surface area contributed by atoms with Gasteiger partial charge >= 0.3 is 0 Å². The van der Waals surface area contributed by atoms with Gasteiger partial charge in [-0.2, -0.15) is 0 Å². The predicted molar refractivity (Wildman–Crippen MR) is 404 cm³/mol. The highest BCUT2D eigenvalue weighted by molar-refractivity contribution is 5.99. The Morgan fingerprint density at radius 1 is 0.196 bits per heavy atom. The van der Waals surface area contributed by atoms with Crippen molar-refractivity contribution in [1.82, 2.24) is 0 Å². The van der Waals surface area contributed by atoms with Gasteiger partial charge in [0.25, 0.3) is 0 Å². The Bertz CT molecular complexity index is 3510. The van der Waals surface area contributed by atoms with E-state index < -0.39 is 0 Å². The Morgan fingerprint density at radius 3 is 0.533 bits per heavy atom. The zero-order valence-corrected chi connectivity index (χ0v) is 59.2. The van der Waals surface area contributed by atoms with Crippen LogP contribution in [-0.2, 0) is 44.9 Å². The molecule has 0 bridgehead atoms. The molecule has 0 aliphatic carbocycles. The maximum absolute atomic E-state index is 4.63. The van der Waals surface area contributed by atoms with Crippen molar-refractivity contribution in [3.05, 3.63) is 205 Å². The third-order valence-corrected chi connectivity index (χ3v) is 17.8. The lowest BCUT2D eigenvalue weighted by Gasteiger charge is -2.01. The molecule has 484 valence electrons. The van der Waals surface area contributed by atoms with E-state index in [1.54, 1.807) is 0 Å². The van der Waals surface area contributed by atoms with Crippen molar-refractivity contribution in [2.24, 2.45) is 76.4 Å². The summed E-state index contributed by atoms with van der Waals surface area (Å²) < 4.78 is 0. The van der Waals surface area contributed by atoms with Crippen LogP contribution in [0.3, 0.4) is 0 Å². The number of rotatable bonds is 7. The maximum atomic E-state index is 4.63. The van der Waals surface area contributed by atoms with Crippen LogP contribution < -0.4 is 0 Å². The lowest BCUT2D eigenvalue weighted by molar-refractivity contribution is 0.871. The average molecular weight is 1230 g/mol. The van der Waals surface area contributed by atoms with Crippen LogP contribution in [0.2, 0.25) is 0 Å². The number of hydrogen-bond donors (Lipinski definition) is 0. The lowest BCUT2D eigenvalue weighted by atomic mass is 10.0. The molecular weight excluding hydrogens is 1120 g/mol. The summed E-state index contributed by atoms with van der Waals surface area (Å²) in [6.45, 7) is 45.7. The molecule has 7 aliphatic rings. The second kappa shape index (κ2) is 32.2. The van der Waals surface area contributed by atoms with Crippen molar-refractivity contribution >= 4 is 79.8 Å². The molecule has 7 heteroatoms. The zero-order chi connectivity index (χ0) is 66.0. The Labute approximate surface area is 556 Å². The van der Waals surface area contributed by atoms with Gasteiger partial charge in [-0.25, -0.2) is 0 Å². The lowest BCUT2D eigenvalue weighted by Crippen LogP contribution is -2.06. The standard InChI is InChI=1S/7C12H15N.CH4/c3*1-8(2)12-7-10-6-9(3)4-5-11(10)13-12;4*1-8(2)11-7-10-5-4-9(3)6-12(10)13-11;/h7*4-6,8H,7H2,1-3H3;1H4. The largest absolute Gasteiger partial charge is 0.257 e. The van der Waals surface area contributed by atoms with Gasteiger partial charge in [0.15, 0.2) is 0 Å². The molecular formula is C85H109N7. The summed E-state index contributed by atoms with van der Waals surface area (Å²) in [6, 6.07) is 45.6. The number of benzene rings is 7. The molecule has 14 rings (SSSR count). The van der Waals surface area contributed by atoms with Crippen LogP contribution in [0.5, 0.6) is 0 Å². The van der Waals surface area contributed by atoms with E-state index >= 15 is 0 Å². The molecule has 0 atom stereocenters. The monoisotopic (exact) mass is 1230 g/mol. The van der Waals surface area contributed by atoms with Gasteiger partial charge in [0.05, 0.1) is 39.8 Å². The van der Waals surface area contributed by atoms with E-state index in [0.717, 1.165) is 44.9 Å². The third-order valence-electron chi connectivity index (χ3n) is 17.8. The topological polar surface area (TPSA) is 86.5 Å². The van der Waals surface area contributed by atoms with Gasteiger partial charge < -0.3 is 0 Å². The van der Waals surface area contributed by atoms with Crippen LogP contribution in [-0.4, -0.2) is 40.0 Å². The highest BCUT2D eigenvalue weighted by Gasteiger charge is 2.22. The smallest absolute Gasteiger partial charge is 0.0667 e. The van der Waals surface area contributed by atoms with Crippen LogP contribution in [0.1, 0.15) is 182 Å². The van der Waals surface area contributed by atoms with E-state index in [9.17, 15) is 0 Å². The van der Waals surface area contributed by atoms with Crippen molar-refractivity contribution in [3.8, 4) is 0 Å². The van der Waals surface area contributed by atoms with Crippen molar-refractivity contribution in [2.75, 3.05) is 0 Å². The van der Waals surface area contributed by atoms with Crippen LogP contribution in [0.4, 0.5) is 39.8 Å². The molecule has 7 nitrogen and oxygen atoms in total. The first-order chi connectivity index (χ1) is 43.2. The summed E-state index contributed by atoms with van der Waals surface area (Å²) in [5.41, 5.74) is 36.4. The van der Waals surface area contributed by atoms with Crippen LogP contribution >= 0.6 is 0 Å². The second-order valence-corrected chi connectivity index (χ2v) is 28.5. The van der Waals surface area contributed by atoms with E-state index in [2.05, 4.69) is 308 Å². The molecule has 92 heavy (non-hydrogen) atoms. The van der Waals surface area contributed by atoms with Crippen LogP contribution in [0.15, 0.2) is 162 Å².